The molecule has 3 aromatic rings. The smallest absolute Gasteiger partial charge is 0.264 e. The van der Waals surface area contributed by atoms with E-state index in [2.05, 4.69) is 5.32 Å². The third kappa shape index (κ3) is 5.97. The average molecular weight is 521 g/mol. The molecule has 1 N–H and O–H groups in total. The Kier molecular flexibility index (Phi) is 7.70. The molecule has 3 aromatic carbocycles. The molecule has 0 spiro atoms. The quantitative estimate of drug-likeness (QED) is 0.481. The van der Waals surface area contributed by atoms with Crippen LogP contribution in [0.4, 0.5) is 5.69 Å². The topological polar surface area (TPSA) is 101 Å². The van der Waals surface area contributed by atoms with E-state index in [1.807, 2.05) is 6.92 Å². The van der Waals surface area contributed by atoms with Crippen molar-refractivity contribution in [3.8, 4) is 0 Å². The molecule has 0 radical (unpaired) electrons. The molecule has 0 aliphatic heterocycles. The number of para-hydroxylation sites is 1. The number of halogens is 1. The molecule has 0 saturated heterocycles. The number of rotatable bonds is 8. The Morgan fingerprint density at radius 1 is 0.912 bits per heavy atom. The molecular weight excluding hydrogens is 496 g/mol. The number of amides is 1. The van der Waals surface area contributed by atoms with Gasteiger partial charge in [0.15, 0.2) is 9.84 Å². The lowest BCUT2D eigenvalue weighted by Crippen LogP contribution is -2.41. The van der Waals surface area contributed by atoms with Crippen LogP contribution >= 0.6 is 11.6 Å². The highest BCUT2D eigenvalue weighted by molar-refractivity contribution is 7.93. The lowest BCUT2D eigenvalue weighted by atomic mass is 10.1. The number of carbonyl (C=O) groups excluding carboxylic acids is 1. The van der Waals surface area contributed by atoms with Gasteiger partial charge in [0, 0.05) is 6.26 Å². The summed E-state index contributed by atoms with van der Waals surface area (Å²) in [7, 11) is -7.43. The van der Waals surface area contributed by atoms with Gasteiger partial charge in [0.05, 0.1) is 26.5 Å². The van der Waals surface area contributed by atoms with Gasteiger partial charge in [0.25, 0.3) is 10.0 Å². The molecule has 0 saturated carbocycles. The van der Waals surface area contributed by atoms with Crippen molar-refractivity contribution in [3.63, 3.8) is 0 Å². The first kappa shape index (κ1) is 25.7. The number of carbonyl (C=O) groups is 1. The van der Waals surface area contributed by atoms with Gasteiger partial charge in [-0.15, -0.1) is 0 Å². The van der Waals surface area contributed by atoms with Crippen molar-refractivity contribution in [2.75, 3.05) is 17.1 Å². The van der Waals surface area contributed by atoms with E-state index < -0.39 is 38.4 Å². The maximum absolute atomic E-state index is 13.4. The highest BCUT2D eigenvalue weighted by Crippen LogP contribution is 2.30. The standard InChI is InChI=1S/C24H25ClN2O5S2/c1-17-8-12-21(13-9-17)34(31,32)27(23-7-5-4-6-22(23)25)16-24(28)26-18(2)19-10-14-20(15-11-19)33(3,29)30/h4-15,18H,16H2,1-3H3,(H,26,28)/t18-/m1/s1. The molecule has 0 aliphatic carbocycles. The van der Waals surface area contributed by atoms with E-state index in [-0.39, 0.29) is 20.5 Å². The van der Waals surface area contributed by atoms with Crippen LogP contribution in [0.5, 0.6) is 0 Å². The zero-order chi connectivity index (χ0) is 25.1. The third-order valence-corrected chi connectivity index (χ3v) is 8.43. The fraction of sp³-hybridized carbons (Fsp3) is 0.208. The Morgan fingerprint density at radius 3 is 2.03 bits per heavy atom. The Morgan fingerprint density at radius 2 is 1.47 bits per heavy atom. The molecule has 180 valence electrons. The summed E-state index contributed by atoms with van der Waals surface area (Å²) in [4.78, 5) is 13.1. The molecular formula is C24H25ClN2O5S2. The monoisotopic (exact) mass is 520 g/mol. The van der Waals surface area contributed by atoms with Gasteiger partial charge in [-0.05, 0) is 55.8 Å². The largest absolute Gasteiger partial charge is 0.348 e. The van der Waals surface area contributed by atoms with Gasteiger partial charge in [-0.1, -0.05) is 53.6 Å². The number of sulfonamides is 1. The number of anilines is 1. The first-order valence-electron chi connectivity index (χ1n) is 10.3. The number of benzene rings is 3. The molecule has 34 heavy (non-hydrogen) atoms. The van der Waals surface area contributed by atoms with Gasteiger partial charge in [-0.2, -0.15) is 0 Å². The summed E-state index contributed by atoms with van der Waals surface area (Å²) in [6.07, 6.45) is 1.12. The van der Waals surface area contributed by atoms with Gasteiger partial charge in [0.1, 0.15) is 6.54 Å². The summed E-state index contributed by atoms with van der Waals surface area (Å²) in [5.41, 5.74) is 1.76. The first-order valence-corrected chi connectivity index (χ1v) is 14.0. The Labute approximate surface area is 205 Å². The van der Waals surface area contributed by atoms with Gasteiger partial charge >= 0.3 is 0 Å². The van der Waals surface area contributed by atoms with Crippen LogP contribution in [0.1, 0.15) is 24.1 Å². The first-order chi connectivity index (χ1) is 15.9. The minimum Gasteiger partial charge on any atom is -0.348 e. The maximum atomic E-state index is 13.4. The normalized spacial score (nSPS) is 12.7. The van der Waals surface area contributed by atoms with Crippen molar-refractivity contribution in [2.24, 2.45) is 0 Å². The second-order valence-electron chi connectivity index (χ2n) is 7.91. The second kappa shape index (κ2) is 10.2. The van der Waals surface area contributed by atoms with Gasteiger partial charge in [-0.3, -0.25) is 9.10 Å². The van der Waals surface area contributed by atoms with E-state index in [9.17, 15) is 21.6 Å². The van der Waals surface area contributed by atoms with Crippen molar-refractivity contribution in [2.45, 2.75) is 29.7 Å². The fourth-order valence-corrected chi connectivity index (χ4v) is 5.65. The molecule has 10 heteroatoms. The highest BCUT2D eigenvalue weighted by Gasteiger charge is 2.29. The number of aryl methyl sites for hydroxylation is 1. The Balaban J connectivity index is 1.87. The van der Waals surface area contributed by atoms with E-state index in [0.717, 1.165) is 16.1 Å². The van der Waals surface area contributed by atoms with Crippen LogP contribution in [0.2, 0.25) is 5.02 Å². The van der Waals surface area contributed by atoms with Crippen molar-refractivity contribution >= 4 is 43.1 Å². The zero-order valence-electron chi connectivity index (χ0n) is 18.9. The predicted molar refractivity (Wildman–Crippen MR) is 133 cm³/mol. The molecule has 0 unspecified atom stereocenters. The number of sulfone groups is 1. The summed E-state index contributed by atoms with van der Waals surface area (Å²) in [6.45, 7) is 3.08. The summed E-state index contributed by atoms with van der Waals surface area (Å²) in [5, 5.41) is 2.96. The number of nitrogens with one attached hydrogen (secondary N) is 1. The molecule has 0 heterocycles. The maximum Gasteiger partial charge on any atom is 0.264 e. The SMILES string of the molecule is Cc1ccc(S(=O)(=O)N(CC(=O)N[C@H](C)c2ccc(S(C)(=O)=O)cc2)c2ccccc2Cl)cc1. The van der Waals surface area contributed by atoms with Gasteiger partial charge < -0.3 is 5.32 Å². The summed E-state index contributed by atoms with van der Waals surface area (Å²) in [6, 6.07) is 18.4. The molecule has 1 atom stereocenters. The predicted octanol–water partition coefficient (Wildman–Crippen LogP) is 4.12. The third-order valence-electron chi connectivity index (χ3n) is 5.20. The van der Waals surface area contributed by atoms with Crippen molar-refractivity contribution in [1.29, 1.82) is 0 Å². The van der Waals surface area contributed by atoms with Crippen LogP contribution in [-0.4, -0.2) is 35.5 Å². The van der Waals surface area contributed by atoms with E-state index in [0.29, 0.717) is 5.56 Å². The molecule has 0 aliphatic rings. The van der Waals surface area contributed by atoms with Gasteiger partial charge in [-0.25, -0.2) is 16.8 Å². The lowest BCUT2D eigenvalue weighted by molar-refractivity contribution is -0.120. The molecule has 7 nitrogen and oxygen atoms in total. The Hall–Kier alpha value is -2.88. The van der Waals surface area contributed by atoms with E-state index in [4.69, 9.17) is 11.6 Å². The van der Waals surface area contributed by atoms with Crippen LogP contribution in [0.25, 0.3) is 0 Å². The number of hydrogen-bond donors (Lipinski definition) is 1. The summed E-state index contributed by atoms with van der Waals surface area (Å²) >= 11 is 6.29. The van der Waals surface area contributed by atoms with Crippen LogP contribution in [0, 0.1) is 6.92 Å². The van der Waals surface area contributed by atoms with E-state index in [1.165, 1.54) is 30.3 Å². The van der Waals surface area contributed by atoms with Crippen LogP contribution in [0.3, 0.4) is 0 Å². The minimum atomic E-state index is -4.09. The van der Waals surface area contributed by atoms with Crippen LogP contribution in [0.15, 0.2) is 82.6 Å². The van der Waals surface area contributed by atoms with Crippen molar-refractivity contribution < 1.29 is 21.6 Å². The van der Waals surface area contributed by atoms with Gasteiger partial charge in [0.2, 0.25) is 5.91 Å². The highest BCUT2D eigenvalue weighted by atomic mass is 35.5. The number of hydrogen-bond acceptors (Lipinski definition) is 5. The molecule has 0 fully saturated rings. The fourth-order valence-electron chi connectivity index (χ4n) is 3.30. The van der Waals surface area contributed by atoms with Crippen LogP contribution < -0.4 is 9.62 Å². The zero-order valence-corrected chi connectivity index (χ0v) is 21.3. The summed E-state index contributed by atoms with van der Waals surface area (Å²) < 4.78 is 51.2. The van der Waals surface area contributed by atoms with Crippen LogP contribution in [-0.2, 0) is 24.7 Å². The Bertz CT molecular complexity index is 1390. The minimum absolute atomic E-state index is 0.0373. The van der Waals surface area contributed by atoms with E-state index >= 15 is 0 Å². The summed E-state index contributed by atoms with van der Waals surface area (Å²) in [5.74, 6) is -0.546. The molecule has 0 bridgehead atoms. The lowest BCUT2D eigenvalue weighted by Gasteiger charge is -2.26. The molecule has 1 amide bonds. The van der Waals surface area contributed by atoms with Crippen molar-refractivity contribution in [1.82, 2.24) is 5.32 Å². The number of nitrogens with zero attached hydrogens (tertiary/aromatic N) is 1. The second-order valence-corrected chi connectivity index (χ2v) is 12.2. The average Bonchev–Trinajstić information content (AvgIpc) is 2.78. The van der Waals surface area contributed by atoms with E-state index in [1.54, 1.807) is 49.4 Å². The molecule has 0 aromatic heterocycles. The van der Waals surface area contributed by atoms with Crippen molar-refractivity contribution in [3.05, 3.63) is 88.9 Å². The molecule has 3 rings (SSSR count).